The van der Waals surface area contributed by atoms with Crippen molar-refractivity contribution in [3.8, 4) is 0 Å². The normalized spacial score (nSPS) is 10.1. The molecule has 1 aromatic carbocycles. The van der Waals surface area contributed by atoms with Crippen LogP contribution in [0.5, 0.6) is 0 Å². The van der Waals surface area contributed by atoms with Gasteiger partial charge in [-0.15, -0.1) is 0 Å². The van der Waals surface area contributed by atoms with Crippen LogP contribution < -0.4 is 10.9 Å². The van der Waals surface area contributed by atoms with Crippen molar-refractivity contribution >= 4 is 11.9 Å². The van der Waals surface area contributed by atoms with E-state index in [-0.39, 0.29) is 11.3 Å². The van der Waals surface area contributed by atoms with Crippen molar-refractivity contribution in [2.24, 2.45) is 0 Å². The second-order valence-corrected chi connectivity index (χ2v) is 4.59. The highest BCUT2D eigenvalue weighted by Crippen LogP contribution is 2.03. The first-order valence-electron chi connectivity index (χ1n) is 6.28. The lowest BCUT2D eigenvalue weighted by Gasteiger charge is -2.05. The molecule has 108 valence electrons. The summed E-state index contributed by atoms with van der Waals surface area (Å²) in [5, 5.41) is 11.4. The Morgan fingerprint density at radius 1 is 1.14 bits per heavy atom. The summed E-state index contributed by atoms with van der Waals surface area (Å²) >= 11 is 0. The molecule has 1 heterocycles. The van der Waals surface area contributed by atoms with Crippen LogP contribution in [0.1, 0.15) is 32.0 Å². The third kappa shape index (κ3) is 3.56. The molecule has 0 spiro atoms. The van der Waals surface area contributed by atoms with Crippen LogP contribution in [-0.2, 0) is 6.54 Å². The van der Waals surface area contributed by atoms with E-state index in [1.165, 1.54) is 12.1 Å². The number of aryl methyl sites for hydroxylation is 1. The minimum atomic E-state index is -1.25. The average molecular weight is 286 g/mol. The maximum Gasteiger partial charge on any atom is 0.352 e. The van der Waals surface area contributed by atoms with Crippen molar-refractivity contribution in [2.45, 2.75) is 13.5 Å². The largest absolute Gasteiger partial charge is 0.477 e. The van der Waals surface area contributed by atoms with E-state index in [0.717, 1.165) is 11.1 Å². The molecule has 3 N–H and O–H groups in total. The molecule has 21 heavy (non-hydrogen) atoms. The topological polar surface area (TPSA) is 99.3 Å². The van der Waals surface area contributed by atoms with E-state index in [0.29, 0.717) is 6.54 Å². The van der Waals surface area contributed by atoms with E-state index in [1.807, 2.05) is 31.2 Å². The van der Waals surface area contributed by atoms with Crippen LogP contribution in [0.25, 0.3) is 0 Å². The molecule has 6 heteroatoms. The van der Waals surface area contributed by atoms with Crippen molar-refractivity contribution in [1.29, 1.82) is 0 Å². The van der Waals surface area contributed by atoms with Crippen LogP contribution in [0, 0.1) is 6.92 Å². The van der Waals surface area contributed by atoms with Gasteiger partial charge in [-0.25, -0.2) is 4.79 Å². The monoisotopic (exact) mass is 286 g/mol. The third-order valence-corrected chi connectivity index (χ3v) is 2.96. The number of carboxylic acids is 1. The van der Waals surface area contributed by atoms with Crippen molar-refractivity contribution in [1.82, 2.24) is 10.3 Å². The highest BCUT2D eigenvalue weighted by molar-refractivity contribution is 5.94. The summed E-state index contributed by atoms with van der Waals surface area (Å²) in [4.78, 5) is 36.4. The van der Waals surface area contributed by atoms with Crippen molar-refractivity contribution in [3.63, 3.8) is 0 Å². The number of hydrogen-bond acceptors (Lipinski definition) is 3. The molecule has 0 aliphatic heterocycles. The number of aromatic nitrogens is 1. The number of carbonyl (C=O) groups is 2. The highest BCUT2D eigenvalue weighted by atomic mass is 16.4. The minimum Gasteiger partial charge on any atom is -0.477 e. The lowest BCUT2D eigenvalue weighted by Crippen LogP contribution is -2.30. The number of pyridine rings is 1. The zero-order valence-electron chi connectivity index (χ0n) is 11.3. The molecule has 6 nitrogen and oxygen atoms in total. The summed E-state index contributed by atoms with van der Waals surface area (Å²) in [6.45, 7) is 2.26. The van der Waals surface area contributed by atoms with E-state index in [1.54, 1.807) is 0 Å². The molecule has 0 aliphatic rings. The highest BCUT2D eigenvalue weighted by Gasteiger charge is 2.12. The summed E-state index contributed by atoms with van der Waals surface area (Å²) in [5.74, 6) is -1.80. The quantitative estimate of drug-likeness (QED) is 0.789. The summed E-state index contributed by atoms with van der Waals surface area (Å²) in [6.07, 6.45) is 0. The van der Waals surface area contributed by atoms with Gasteiger partial charge in [-0.3, -0.25) is 9.59 Å². The van der Waals surface area contributed by atoms with Gasteiger partial charge in [0.25, 0.3) is 11.5 Å². The standard InChI is InChI=1S/C15H14N2O4/c1-9-2-4-10(5-3-9)8-16-13(18)11-6-7-12(15(20)21)17-14(11)19/h2-7H,8H2,1H3,(H,16,18)(H,17,19)(H,20,21). The second kappa shape index (κ2) is 6.04. The number of rotatable bonds is 4. The maximum atomic E-state index is 11.9. The lowest BCUT2D eigenvalue weighted by atomic mass is 10.1. The van der Waals surface area contributed by atoms with Crippen LogP contribution in [-0.4, -0.2) is 22.0 Å². The van der Waals surface area contributed by atoms with Gasteiger partial charge in [-0.05, 0) is 24.6 Å². The van der Waals surface area contributed by atoms with Gasteiger partial charge >= 0.3 is 5.97 Å². The molecule has 0 atom stereocenters. The molecule has 1 amide bonds. The average Bonchev–Trinajstić information content (AvgIpc) is 2.46. The number of aromatic carboxylic acids is 1. The van der Waals surface area contributed by atoms with E-state index in [4.69, 9.17) is 5.11 Å². The Labute approximate surface area is 120 Å². The minimum absolute atomic E-state index is 0.118. The lowest BCUT2D eigenvalue weighted by molar-refractivity contribution is 0.0689. The first kappa shape index (κ1) is 14.5. The van der Waals surface area contributed by atoms with Gasteiger partial charge in [0.15, 0.2) is 0 Å². The van der Waals surface area contributed by atoms with Gasteiger partial charge in [0.2, 0.25) is 0 Å². The number of amides is 1. The smallest absolute Gasteiger partial charge is 0.352 e. The Hall–Kier alpha value is -2.89. The Balaban J connectivity index is 2.08. The molecule has 0 saturated heterocycles. The van der Waals surface area contributed by atoms with Crippen LogP contribution in [0.15, 0.2) is 41.2 Å². The van der Waals surface area contributed by atoms with Crippen molar-refractivity contribution in [2.75, 3.05) is 0 Å². The molecule has 0 unspecified atom stereocenters. The Morgan fingerprint density at radius 3 is 2.38 bits per heavy atom. The Morgan fingerprint density at radius 2 is 1.81 bits per heavy atom. The van der Waals surface area contributed by atoms with Gasteiger partial charge in [-0.1, -0.05) is 29.8 Å². The fourth-order valence-corrected chi connectivity index (χ4v) is 1.76. The number of H-pyrrole nitrogens is 1. The van der Waals surface area contributed by atoms with Crippen LogP contribution >= 0.6 is 0 Å². The summed E-state index contributed by atoms with van der Waals surface area (Å²) in [5.41, 5.74) is 0.928. The van der Waals surface area contributed by atoms with Crippen LogP contribution in [0.3, 0.4) is 0 Å². The molecule has 2 aromatic rings. The van der Waals surface area contributed by atoms with Crippen LogP contribution in [0.4, 0.5) is 0 Å². The number of hydrogen-bond donors (Lipinski definition) is 3. The maximum absolute atomic E-state index is 11.9. The first-order valence-corrected chi connectivity index (χ1v) is 6.28. The summed E-state index contributed by atoms with van der Waals surface area (Å²) < 4.78 is 0. The SMILES string of the molecule is Cc1ccc(CNC(=O)c2ccc(C(=O)O)[nH]c2=O)cc1. The zero-order chi connectivity index (χ0) is 15.4. The fraction of sp³-hybridized carbons (Fsp3) is 0.133. The molecule has 2 rings (SSSR count). The number of nitrogens with one attached hydrogen (secondary N) is 2. The van der Waals surface area contributed by atoms with E-state index >= 15 is 0 Å². The molecule has 0 radical (unpaired) electrons. The van der Waals surface area contributed by atoms with Gasteiger partial charge in [0, 0.05) is 6.54 Å². The van der Waals surface area contributed by atoms with Crippen LogP contribution in [0.2, 0.25) is 0 Å². The number of carbonyl (C=O) groups excluding carboxylic acids is 1. The van der Waals surface area contributed by atoms with Gasteiger partial charge < -0.3 is 15.4 Å². The fourth-order valence-electron chi connectivity index (χ4n) is 1.76. The molecular formula is C15H14N2O4. The third-order valence-electron chi connectivity index (χ3n) is 2.96. The summed E-state index contributed by atoms with van der Waals surface area (Å²) in [6, 6.07) is 10.0. The predicted octanol–water partition coefficient (Wildman–Crippen LogP) is 1.31. The predicted molar refractivity (Wildman–Crippen MR) is 76.4 cm³/mol. The van der Waals surface area contributed by atoms with E-state index in [9.17, 15) is 14.4 Å². The van der Waals surface area contributed by atoms with E-state index in [2.05, 4.69) is 10.3 Å². The van der Waals surface area contributed by atoms with Gasteiger partial charge in [-0.2, -0.15) is 0 Å². The molecule has 0 saturated carbocycles. The van der Waals surface area contributed by atoms with Gasteiger partial charge in [0.05, 0.1) is 0 Å². The molecule has 0 fully saturated rings. The van der Waals surface area contributed by atoms with E-state index < -0.39 is 17.4 Å². The molecule has 0 aliphatic carbocycles. The molecule has 0 bridgehead atoms. The first-order chi connectivity index (χ1) is 9.97. The second-order valence-electron chi connectivity index (χ2n) is 4.59. The van der Waals surface area contributed by atoms with Crippen molar-refractivity contribution in [3.05, 3.63) is 69.1 Å². The number of aromatic amines is 1. The van der Waals surface area contributed by atoms with Gasteiger partial charge in [0.1, 0.15) is 11.3 Å². The molecule has 1 aromatic heterocycles. The summed E-state index contributed by atoms with van der Waals surface area (Å²) in [7, 11) is 0. The zero-order valence-corrected chi connectivity index (χ0v) is 11.3. The number of carboxylic acid groups (broad SMARTS) is 1. The number of benzene rings is 1. The Kier molecular flexibility index (Phi) is 4.18. The van der Waals surface area contributed by atoms with Crippen molar-refractivity contribution < 1.29 is 14.7 Å². The Bertz CT molecular complexity index is 732. The molecular weight excluding hydrogens is 272 g/mol.